The van der Waals surface area contributed by atoms with E-state index in [-0.39, 0.29) is 12.4 Å². The minimum Gasteiger partial charge on any atom is -0.486 e. The van der Waals surface area contributed by atoms with Gasteiger partial charge >= 0.3 is 0 Å². The van der Waals surface area contributed by atoms with Crippen LogP contribution in [-0.4, -0.2) is 15.7 Å². The second kappa shape index (κ2) is 9.11. The van der Waals surface area contributed by atoms with Crippen LogP contribution >= 0.6 is 11.6 Å². The predicted octanol–water partition coefficient (Wildman–Crippen LogP) is 5.64. The number of carbonyl (C=O) groups is 1. The number of aromatic nitrogens is 2. The molecule has 1 amide bonds. The van der Waals surface area contributed by atoms with Crippen LogP contribution in [0.25, 0.3) is 0 Å². The van der Waals surface area contributed by atoms with E-state index in [2.05, 4.69) is 22.5 Å². The lowest BCUT2D eigenvalue weighted by molar-refractivity contribution is 0.0992. The number of aryl methyl sites for hydroxylation is 2. The van der Waals surface area contributed by atoms with E-state index in [1.807, 2.05) is 6.07 Å². The standard InChI is InChI=1S/C25H21ClFN3O3/c26-23-11-19(27)6-4-18(23)13-30-14-20(12-28-30)29-25(31)24-9-8-22(33-24)15-32-21-7-5-16-2-1-3-17(16)10-21/h4-12,14H,1-3,13,15H2,(H,29,31). The fourth-order valence-corrected chi connectivity index (χ4v) is 4.13. The fourth-order valence-electron chi connectivity index (χ4n) is 3.90. The molecule has 5 rings (SSSR count). The summed E-state index contributed by atoms with van der Waals surface area (Å²) in [6.07, 6.45) is 6.60. The monoisotopic (exact) mass is 465 g/mol. The molecule has 0 atom stereocenters. The summed E-state index contributed by atoms with van der Waals surface area (Å²) in [6, 6.07) is 13.7. The Bertz CT molecular complexity index is 1310. The zero-order valence-corrected chi connectivity index (χ0v) is 18.4. The summed E-state index contributed by atoms with van der Waals surface area (Å²) in [5.74, 6) is 0.747. The van der Waals surface area contributed by atoms with Crippen molar-refractivity contribution < 1.29 is 18.3 Å². The van der Waals surface area contributed by atoms with Gasteiger partial charge in [0.05, 0.1) is 18.4 Å². The van der Waals surface area contributed by atoms with E-state index in [1.165, 1.54) is 35.9 Å². The summed E-state index contributed by atoms with van der Waals surface area (Å²) in [5, 5.41) is 7.29. The third-order valence-corrected chi connectivity index (χ3v) is 5.93. The number of amides is 1. The minimum atomic E-state index is -0.396. The smallest absolute Gasteiger partial charge is 0.291 e. The van der Waals surface area contributed by atoms with Crippen molar-refractivity contribution in [3.8, 4) is 5.75 Å². The summed E-state index contributed by atoms with van der Waals surface area (Å²) in [7, 11) is 0. The summed E-state index contributed by atoms with van der Waals surface area (Å²) in [4.78, 5) is 12.5. The van der Waals surface area contributed by atoms with Crippen LogP contribution in [-0.2, 0) is 26.0 Å². The summed E-state index contributed by atoms with van der Waals surface area (Å²) in [5.41, 5.74) is 3.96. The van der Waals surface area contributed by atoms with Crippen molar-refractivity contribution >= 4 is 23.2 Å². The van der Waals surface area contributed by atoms with Gasteiger partial charge in [-0.25, -0.2) is 4.39 Å². The number of fused-ring (bicyclic) bond motifs is 1. The van der Waals surface area contributed by atoms with Crippen LogP contribution < -0.4 is 10.1 Å². The molecule has 0 spiro atoms. The maximum absolute atomic E-state index is 13.2. The molecule has 0 fully saturated rings. The van der Waals surface area contributed by atoms with Crippen LogP contribution in [0.15, 0.2) is 65.3 Å². The molecule has 0 bridgehead atoms. The Morgan fingerprint density at radius 1 is 1.15 bits per heavy atom. The van der Waals surface area contributed by atoms with Gasteiger partial charge in [-0.05, 0) is 72.4 Å². The lowest BCUT2D eigenvalue weighted by Gasteiger charge is -2.06. The van der Waals surface area contributed by atoms with Gasteiger partial charge in [0.1, 0.15) is 23.9 Å². The zero-order chi connectivity index (χ0) is 22.8. The van der Waals surface area contributed by atoms with Gasteiger partial charge in [-0.2, -0.15) is 5.10 Å². The fraction of sp³-hybridized carbons (Fsp3) is 0.200. The van der Waals surface area contributed by atoms with Crippen LogP contribution in [0.1, 0.15) is 39.4 Å². The van der Waals surface area contributed by atoms with Crippen molar-refractivity contribution in [2.75, 3.05) is 5.32 Å². The number of benzene rings is 2. The molecule has 0 saturated heterocycles. The Hall–Kier alpha value is -3.58. The third-order valence-electron chi connectivity index (χ3n) is 5.58. The normalized spacial score (nSPS) is 12.5. The molecule has 168 valence electrons. The van der Waals surface area contributed by atoms with Gasteiger partial charge in [-0.3, -0.25) is 9.48 Å². The number of furan rings is 1. The van der Waals surface area contributed by atoms with Gasteiger partial charge in [0, 0.05) is 11.2 Å². The van der Waals surface area contributed by atoms with E-state index in [0.29, 0.717) is 23.0 Å². The van der Waals surface area contributed by atoms with Gasteiger partial charge < -0.3 is 14.5 Å². The van der Waals surface area contributed by atoms with Gasteiger partial charge in [0.2, 0.25) is 0 Å². The molecule has 1 aliphatic carbocycles. The quantitative estimate of drug-likeness (QED) is 0.383. The van der Waals surface area contributed by atoms with Crippen molar-refractivity contribution in [2.45, 2.75) is 32.4 Å². The molecule has 4 aromatic rings. The molecule has 1 aliphatic rings. The maximum Gasteiger partial charge on any atom is 0.291 e. The summed E-state index contributed by atoms with van der Waals surface area (Å²) >= 11 is 6.07. The third kappa shape index (κ3) is 4.93. The van der Waals surface area contributed by atoms with Crippen molar-refractivity contribution in [1.29, 1.82) is 0 Å². The van der Waals surface area contributed by atoms with Gasteiger partial charge in [-0.15, -0.1) is 0 Å². The Morgan fingerprint density at radius 2 is 2.03 bits per heavy atom. The number of anilines is 1. The number of hydrogen-bond acceptors (Lipinski definition) is 4. The summed E-state index contributed by atoms with van der Waals surface area (Å²) < 4.78 is 26.3. The zero-order valence-electron chi connectivity index (χ0n) is 17.7. The van der Waals surface area contributed by atoms with E-state index < -0.39 is 11.7 Å². The van der Waals surface area contributed by atoms with E-state index in [9.17, 15) is 9.18 Å². The Kier molecular flexibility index (Phi) is 5.88. The predicted molar refractivity (Wildman–Crippen MR) is 122 cm³/mol. The molecule has 2 aromatic heterocycles. The van der Waals surface area contributed by atoms with E-state index in [4.69, 9.17) is 20.8 Å². The number of rotatable bonds is 7. The van der Waals surface area contributed by atoms with E-state index in [1.54, 1.807) is 29.1 Å². The first kappa shape index (κ1) is 21.3. The summed E-state index contributed by atoms with van der Waals surface area (Å²) in [6.45, 7) is 0.586. The first-order valence-electron chi connectivity index (χ1n) is 10.6. The lowest BCUT2D eigenvalue weighted by Crippen LogP contribution is -2.10. The van der Waals surface area contributed by atoms with E-state index >= 15 is 0 Å². The Morgan fingerprint density at radius 3 is 2.91 bits per heavy atom. The highest BCUT2D eigenvalue weighted by Gasteiger charge is 2.15. The number of carbonyl (C=O) groups excluding carboxylic acids is 1. The maximum atomic E-state index is 13.2. The number of hydrogen-bond donors (Lipinski definition) is 1. The lowest BCUT2D eigenvalue weighted by atomic mass is 10.1. The molecule has 8 heteroatoms. The Balaban J connectivity index is 1.17. The molecule has 2 heterocycles. The Labute approximate surface area is 194 Å². The SMILES string of the molecule is O=C(Nc1cnn(Cc2ccc(F)cc2Cl)c1)c1ccc(COc2ccc3c(c2)CCC3)o1. The van der Waals surface area contributed by atoms with Gasteiger partial charge in [0.25, 0.3) is 5.91 Å². The van der Waals surface area contributed by atoms with Crippen molar-refractivity contribution in [3.05, 3.63) is 100.0 Å². The molecule has 0 unspecified atom stereocenters. The van der Waals surface area contributed by atoms with Crippen molar-refractivity contribution in [2.24, 2.45) is 0 Å². The molecular weight excluding hydrogens is 445 g/mol. The highest BCUT2D eigenvalue weighted by molar-refractivity contribution is 6.31. The van der Waals surface area contributed by atoms with Crippen LogP contribution in [0, 0.1) is 5.82 Å². The van der Waals surface area contributed by atoms with Crippen molar-refractivity contribution in [3.63, 3.8) is 0 Å². The van der Waals surface area contributed by atoms with Crippen LogP contribution in [0.3, 0.4) is 0 Å². The molecular formula is C25H21ClFN3O3. The molecule has 6 nitrogen and oxygen atoms in total. The minimum absolute atomic E-state index is 0.178. The van der Waals surface area contributed by atoms with Gasteiger partial charge in [0.15, 0.2) is 5.76 Å². The first-order valence-corrected chi connectivity index (χ1v) is 11.0. The molecule has 0 radical (unpaired) electrons. The number of nitrogens with one attached hydrogen (secondary N) is 1. The van der Waals surface area contributed by atoms with Gasteiger partial charge in [-0.1, -0.05) is 23.7 Å². The van der Waals surface area contributed by atoms with Crippen LogP contribution in [0.2, 0.25) is 5.02 Å². The second-order valence-corrected chi connectivity index (χ2v) is 8.36. The molecule has 0 aliphatic heterocycles. The van der Waals surface area contributed by atoms with Crippen LogP contribution in [0.5, 0.6) is 5.75 Å². The number of halogens is 2. The first-order chi connectivity index (χ1) is 16.0. The molecule has 33 heavy (non-hydrogen) atoms. The highest BCUT2D eigenvalue weighted by Crippen LogP contribution is 2.26. The molecule has 1 N–H and O–H groups in total. The number of nitrogens with zero attached hydrogens (tertiary/aromatic N) is 2. The average Bonchev–Trinajstić information content (AvgIpc) is 3.55. The number of ether oxygens (including phenoxy) is 1. The highest BCUT2D eigenvalue weighted by atomic mass is 35.5. The molecule has 0 saturated carbocycles. The largest absolute Gasteiger partial charge is 0.486 e. The average molecular weight is 466 g/mol. The van der Waals surface area contributed by atoms with Crippen LogP contribution in [0.4, 0.5) is 10.1 Å². The second-order valence-electron chi connectivity index (χ2n) is 7.96. The molecule has 2 aromatic carbocycles. The van der Waals surface area contributed by atoms with E-state index in [0.717, 1.165) is 24.2 Å². The topological polar surface area (TPSA) is 69.3 Å². The van der Waals surface area contributed by atoms with Crippen molar-refractivity contribution in [1.82, 2.24) is 9.78 Å².